The summed E-state index contributed by atoms with van der Waals surface area (Å²) in [4.78, 5) is 20.7. The number of anilines is 2. The van der Waals surface area contributed by atoms with Crippen LogP contribution >= 0.6 is 0 Å². The van der Waals surface area contributed by atoms with Gasteiger partial charge in [0.05, 0.1) is 12.2 Å². The molecule has 0 bridgehead atoms. The van der Waals surface area contributed by atoms with Crippen molar-refractivity contribution < 1.29 is 18.0 Å². The summed E-state index contributed by atoms with van der Waals surface area (Å²) in [6, 6.07) is 7.52. The van der Waals surface area contributed by atoms with Crippen LogP contribution in [-0.2, 0) is 0 Å². The first-order valence-corrected chi connectivity index (χ1v) is 11.5. The number of pyridine rings is 1. The van der Waals surface area contributed by atoms with Gasteiger partial charge >= 0.3 is 6.03 Å². The molecular weight excluding hydrogens is 429 g/mol. The number of aromatic nitrogens is 1. The molecule has 0 unspecified atom stereocenters. The lowest BCUT2D eigenvalue weighted by Gasteiger charge is -2.38. The van der Waals surface area contributed by atoms with Crippen molar-refractivity contribution in [3.8, 4) is 11.1 Å². The molecule has 2 aliphatic heterocycles. The molecule has 2 amide bonds. The molecule has 8 heteroatoms. The van der Waals surface area contributed by atoms with E-state index in [1.807, 2.05) is 0 Å². The summed E-state index contributed by atoms with van der Waals surface area (Å²) in [5.41, 5.74) is 1.15. The first kappa shape index (κ1) is 23.4. The number of halogens is 3. The van der Waals surface area contributed by atoms with E-state index in [-0.39, 0.29) is 41.5 Å². The fraction of sp³-hybridized carbons (Fsp3) is 0.520. The van der Waals surface area contributed by atoms with Crippen LogP contribution in [0.1, 0.15) is 40.0 Å². The SMILES string of the molecule is CC(C)(C)C1CCN(C(=O)Nc2c(-c3ccccc3F)ccnc2N2CCC(F)(F)C2)CC1. The summed E-state index contributed by atoms with van der Waals surface area (Å²) in [6.45, 7) is 7.48. The largest absolute Gasteiger partial charge is 0.349 e. The topological polar surface area (TPSA) is 48.5 Å². The van der Waals surface area contributed by atoms with Gasteiger partial charge in [-0.15, -0.1) is 0 Å². The zero-order valence-corrected chi connectivity index (χ0v) is 19.4. The zero-order valence-electron chi connectivity index (χ0n) is 19.4. The Morgan fingerprint density at radius 1 is 1.09 bits per heavy atom. The quantitative estimate of drug-likeness (QED) is 0.609. The van der Waals surface area contributed by atoms with Crippen LogP contribution in [0.5, 0.6) is 0 Å². The minimum absolute atomic E-state index is 0.112. The summed E-state index contributed by atoms with van der Waals surface area (Å²) in [6.07, 6.45) is 2.98. The molecule has 0 aliphatic carbocycles. The van der Waals surface area contributed by atoms with Gasteiger partial charge in [-0.3, -0.25) is 0 Å². The first-order chi connectivity index (χ1) is 15.5. The molecule has 2 aliphatic rings. The van der Waals surface area contributed by atoms with Crippen molar-refractivity contribution in [2.24, 2.45) is 11.3 Å². The number of carbonyl (C=O) groups is 1. The summed E-state index contributed by atoms with van der Waals surface area (Å²) < 4.78 is 42.6. The molecule has 3 heterocycles. The van der Waals surface area contributed by atoms with E-state index in [1.165, 1.54) is 17.2 Å². The normalized spacial score (nSPS) is 19.1. The summed E-state index contributed by atoms with van der Waals surface area (Å²) in [5.74, 6) is -2.52. The van der Waals surface area contributed by atoms with Crippen molar-refractivity contribution >= 4 is 17.5 Å². The average Bonchev–Trinajstić information content (AvgIpc) is 3.13. The molecule has 2 saturated heterocycles. The van der Waals surface area contributed by atoms with E-state index >= 15 is 0 Å². The van der Waals surface area contributed by atoms with E-state index in [2.05, 4.69) is 31.1 Å². The number of rotatable bonds is 3. The molecule has 33 heavy (non-hydrogen) atoms. The molecule has 2 fully saturated rings. The van der Waals surface area contributed by atoms with Gasteiger partial charge in [0.15, 0.2) is 5.82 Å². The standard InChI is InChI=1S/C25H31F3N4O/c1-24(2,3)17-9-13-31(14-10-17)23(33)30-21-19(18-6-4-5-7-20(18)26)8-12-29-22(21)32-15-11-25(27,28)16-32/h4-8,12,17H,9-11,13-16H2,1-3H3,(H,30,33). The summed E-state index contributed by atoms with van der Waals surface area (Å²) >= 11 is 0. The third-order valence-corrected chi connectivity index (χ3v) is 6.80. The molecule has 1 aromatic heterocycles. The predicted molar refractivity (Wildman–Crippen MR) is 124 cm³/mol. The Labute approximate surface area is 193 Å². The highest BCUT2D eigenvalue weighted by Crippen LogP contribution is 2.40. The van der Waals surface area contributed by atoms with Gasteiger partial charge in [-0.1, -0.05) is 39.0 Å². The van der Waals surface area contributed by atoms with Gasteiger partial charge in [-0.25, -0.2) is 22.9 Å². The highest BCUT2D eigenvalue weighted by atomic mass is 19.3. The van der Waals surface area contributed by atoms with Crippen molar-refractivity contribution in [1.82, 2.24) is 9.88 Å². The second kappa shape index (κ2) is 8.88. The molecule has 0 saturated carbocycles. The first-order valence-electron chi connectivity index (χ1n) is 11.5. The molecule has 0 radical (unpaired) electrons. The van der Waals surface area contributed by atoms with E-state index in [0.717, 1.165) is 12.8 Å². The van der Waals surface area contributed by atoms with Gasteiger partial charge in [0.1, 0.15) is 5.82 Å². The number of alkyl halides is 2. The number of likely N-dealkylation sites (tertiary alicyclic amines) is 1. The second-order valence-electron chi connectivity index (χ2n) is 10.1. The minimum Gasteiger partial charge on any atom is -0.349 e. The lowest BCUT2D eigenvalue weighted by atomic mass is 9.75. The Morgan fingerprint density at radius 3 is 2.39 bits per heavy atom. The van der Waals surface area contributed by atoms with Crippen molar-refractivity contribution in [3.63, 3.8) is 0 Å². The third kappa shape index (κ3) is 5.09. The van der Waals surface area contributed by atoms with Gasteiger partial charge in [-0.2, -0.15) is 0 Å². The smallest absolute Gasteiger partial charge is 0.321 e. The van der Waals surface area contributed by atoms with E-state index in [9.17, 15) is 18.0 Å². The number of amides is 2. The van der Waals surface area contributed by atoms with E-state index < -0.39 is 18.3 Å². The van der Waals surface area contributed by atoms with Crippen molar-refractivity contribution in [2.75, 3.05) is 36.4 Å². The van der Waals surface area contributed by atoms with Crippen LogP contribution in [0, 0.1) is 17.2 Å². The molecule has 2 aromatic rings. The Morgan fingerprint density at radius 2 is 1.79 bits per heavy atom. The van der Waals surface area contributed by atoms with Gasteiger partial charge in [-0.05, 0) is 36.3 Å². The number of nitrogens with one attached hydrogen (secondary N) is 1. The van der Waals surface area contributed by atoms with Crippen LogP contribution in [0.25, 0.3) is 11.1 Å². The minimum atomic E-state index is -2.83. The van der Waals surface area contributed by atoms with Gasteiger partial charge in [0.2, 0.25) is 0 Å². The molecule has 4 rings (SSSR count). The maximum atomic E-state index is 14.7. The van der Waals surface area contributed by atoms with E-state index in [4.69, 9.17) is 0 Å². The van der Waals surface area contributed by atoms with E-state index in [1.54, 1.807) is 29.2 Å². The lowest BCUT2D eigenvalue weighted by molar-refractivity contribution is 0.0257. The van der Waals surface area contributed by atoms with Gasteiger partial charge in [0, 0.05) is 43.4 Å². The van der Waals surface area contributed by atoms with Gasteiger partial charge < -0.3 is 15.1 Å². The van der Waals surface area contributed by atoms with Gasteiger partial charge in [0.25, 0.3) is 5.92 Å². The monoisotopic (exact) mass is 460 g/mol. The Balaban J connectivity index is 1.64. The highest BCUT2D eigenvalue weighted by molar-refractivity contribution is 5.99. The molecular formula is C25H31F3N4O. The van der Waals surface area contributed by atoms with Crippen molar-refractivity contribution in [1.29, 1.82) is 0 Å². The van der Waals surface area contributed by atoms with Crippen molar-refractivity contribution in [2.45, 2.75) is 46.0 Å². The summed E-state index contributed by atoms with van der Waals surface area (Å²) in [7, 11) is 0. The number of carbonyl (C=O) groups excluding carboxylic acids is 1. The van der Waals surface area contributed by atoms with Crippen LogP contribution < -0.4 is 10.2 Å². The Bertz CT molecular complexity index is 1010. The number of urea groups is 1. The Hall–Kier alpha value is -2.77. The number of hydrogen-bond acceptors (Lipinski definition) is 3. The van der Waals surface area contributed by atoms with Crippen LogP contribution in [0.3, 0.4) is 0 Å². The fourth-order valence-electron chi connectivity index (χ4n) is 4.77. The lowest BCUT2D eigenvalue weighted by Crippen LogP contribution is -2.43. The Kier molecular flexibility index (Phi) is 6.29. The summed E-state index contributed by atoms with van der Waals surface area (Å²) in [5, 5.41) is 2.90. The van der Waals surface area contributed by atoms with Crippen LogP contribution in [0.2, 0.25) is 0 Å². The molecule has 1 aromatic carbocycles. The second-order valence-corrected chi connectivity index (χ2v) is 10.1. The molecule has 5 nitrogen and oxygen atoms in total. The predicted octanol–water partition coefficient (Wildman–Crippen LogP) is 6.02. The number of piperidine rings is 1. The molecule has 1 N–H and O–H groups in total. The maximum absolute atomic E-state index is 14.7. The zero-order chi connectivity index (χ0) is 23.8. The molecule has 0 atom stereocenters. The highest BCUT2D eigenvalue weighted by Gasteiger charge is 2.40. The van der Waals surface area contributed by atoms with Crippen LogP contribution in [0.4, 0.5) is 29.5 Å². The number of nitrogens with zero attached hydrogens (tertiary/aromatic N) is 3. The molecule has 0 spiro atoms. The van der Waals surface area contributed by atoms with E-state index in [0.29, 0.717) is 24.6 Å². The third-order valence-electron chi connectivity index (χ3n) is 6.80. The number of hydrogen-bond donors (Lipinski definition) is 1. The average molecular weight is 461 g/mol. The van der Waals surface area contributed by atoms with Crippen LogP contribution in [0.15, 0.2) is 36.5 Å². The molecule has 178 valence electrons. The number of benzene rings is 1. The maximum Gasteiger partial charge on any atom is 0.321 e. The van der Waals surface area contributed by atoms with Crippen LogP contribution in [-0.4, -0.2) is 48.0 Å². The van der Waals surface area contributed by atoms with Crippen molar-refractivity contribution in [3.05, 3.63) is 42.3 Å². The fourth-order valence-corrected chi connectivity index (χ4v) is 4.77.